The van der Waals surface area contributed by atoms with Gasteiger partial charge in [0, 0.05) is 30.3 Å². The number of carbonyl (C=O) groups is 1. The molecule has 0 amide bonds. The molecule has 1 heterocycles. The lowest BCUT2D eigenvalue weighted by atomic mass is 9.80. The molecule has 1 N–H and O–H groups in total. The van der Waals surface area contributed by atoms with Crippen LogP contribution in [0.4, 0.5) is 10.1 Å². The number of halogens is 1. The van der Waals surface area contributed by atoms with Gasteiger partial charge in [-0.25, -0.2) is 9.18 Å². The van der Waals surface area contributed by atoms with Crippen LogP contribution in [0.3, 0.4) is 0 Å². The number of allylic oxidation sites excluding steroid dienone is 5. The Kier molecular flexibility index (Phi) is 5.21. The Balaban J connectivity index is 2.38. The molecule has 1 aromatic carbocycles. The minimum Gasteiger partial charge on any atom is -0.478 e. The van der Waals surface area contributed by atoms with E-state index in [4.69, 9.17) is 5.11 Å². The maximum atomic E-state index is 14.5. The molecule has 25 heavy (non-hydrogen) atoms. The molecule has 4 heteroatoms. The first-order valence-corrected chi connectivity index (χ1v) is 8.39. The van der Waals surface area contributed by atoms with Crippen molar-refractivity contribution in [2.24, 2.45) is 0 Å². The average Bonchev–Trinajstić information content (AvgIpc) is 2.72. The zero-order valence-corrected chi connectivity index (χ0v) is 15.7. The second-order valence-corrected chi connectivity index (χ2v) is 7.27. The van der Waals surface area contributed by atoms with Crippen LogP contribution in [0.25, 0.3) is 5.57 Å². The van der Waals surface area contributed by atoms with E-state index in [0.717, 1.165) is 11.6 Å². The van der Waals surface area contributed by atoms with Gasteiger partial charge in [-0.1, -0.05) is 26.0 Å². The average molecular weight is 343 g/mol. The van der Waals surface area contributed by atoms with E-state index in [0.29, 0.717) is 17.2 Å². The highest BCUT2D eigenvalue weighted by molar-refractivity contribution is 5.81. The van der Waals surface area contributed by atoms with E-state index in [9.17, 15) is 9.18 Å². The van der Waals surface area contributed by atoms with Crippen molar-refractivity contribution in [3.8, 4) is 0 Å². The molecular weight excluding hydrogens is 317 g/mol. The third kappa shape index (κ3) is 3.68. The SMILES string of the molecule is CC(/C=C/C(F)=C(/C)c1ccc2c(c1)C(C)(C)C(C)N2C)=C\C(=O)O. The zero-order valence-electron chi connectivity index (χ0n) is 15.7. The predicted octanol–water partition coefficient (Wildman–Crippen LogP) is 5.09. The lowest BCUT2D eigenvalue weighted by Gasteiger charge is -2.28. The Hall–Kier alpha value is -2.36. The molecule has 1 atom stereocenters. The maximum absolute atomic E-state index is 14.5. The Morgan fingerprint density at radius 3 is 2.52 bits per heavy atom. The third-order valence-electron chi connectivity index (χ3n) is 5.33. The molecule has 0 saturated heterocycles. The van der Waals surface area contributed by atoms with Crippen LogP contribution in [0.5, 0.6) is 0 Å². The summed E-state index contributed by atoms with van der Waals surface area (Å²) < 4.78 is 14.5. The Morgan fingerprint density at radius 1 is 1.28 bits per heavy atom. The Bertz CT molecular complexity index is 787. The monoisotopic (exact) mass is 343 g/mol. The van der Waals surface area contributed by atoms with Gasteiger partial charge in [-0.3, -0.25) is 0 Å². The first-order valence-electron chi connectivity index (χ1n) is 8.39. The second kappa shape index (κ2) is 6.87. The molecule has 0 bridgehead atoms. The summed E-state index contributed by atoms with van der Waals surface area (Å²) in [5.74, 6) is -1.40. The van der Waals surface area contributed by atoms with Gasteiger partial charge in [-0.2, -0.15) is 0 Å². The molecule has 0 fully saturated rings. The molecule has 0 aromatic heterocycles. The molecule has 1 aliphatic heterocycles. The van der Waals surface area contributed by atoms with Crippen molar-refractivity contribution in [3.63, 3.8) is 0 Å². The summed E-state index contributed by atoms with van der Waals surface area (Å²) in [6.45, 7) is 9.98. The van der Waals surface area contributed by atoms with Crippen LogP contribution in [0, 0.1) is 0 Å². The number of anilines is 1. The summed E-state index contributed by atoms with van der Waals surface area (Å²) in [4.78, 5) is 12.9. The summed E-state index contributed by atoms with van der Waals surface area (Å²) in [6, 6.07) is 6.42. The minimum atomic E-state index is -1.04. The third-order valence-corrected chi connectivity index (χ3v) is 5.33. The molecule has 0 aliphatic carbocycles. The number of benzene rings is 1. The summed E-state index contributed by atoms with van der Waals surface area (Å²) in [5.41, 5.74) is 4.27. The van der Waals surface area contributed by atoms with Crippen LogP contribution in [0.2, 0.25) is 0 Å². The van der Waals surface area contributed by atoms with Crippen molar-refractivity contribution in [1.29, 1.82) is 0 Å². The maximum Gasteiger partial charge on any atom is 0.328 e. The fourth-order valence-corrected chi connectivity index (χ4v) is 3.22. The van der Waals surface area contributed by atoms with E-state index in [2.05, 4.69) is 38.8 Å². The lowest BCUT2D eigenvalue weighted by Crippen LogP contribution is -2.36. The summed E-state index contributed by atoms with van der Waals surface area (Å²) in [7, 11) is 2.08. The molecular formula is C21H26FNO2. The number of carboxylic acid groups (broad SMARTS) is 1. The highest BCUT2D eigenvalue weighted by Crippen LogP contribution is 2.45. The Morgan fingerprint density at radius 2 is 1.92 bits per heavy atom. The van der Waals surface area contributed by atoms with Gasteiger partial charge in [-0.15, -0.1) is 0 Å². The topological polar surface area (TPSA) is 40.5 Å². The van der Waals surface area contributed by atoms with Crippen molar-refractivity contribution >= 4 is 17.2 Å². The number of likely N-dealkylation sites (N-methyl/N-ethyl adjacent to an activating group) is 1. The van der Waals surface area contributed by atoms with E-state index >= 15 is 0 Å². The normalized spacial score (nSPS) is 20.7. The van der Waals surface area contributed by atoms with Gasteiger partial charge in [0.15, 0.2) is 0 Å². The van der Waals surface area contributed by atoms with Crippen LogP contribution >= 0.6 is 0 Å². The smallest absolute Gasteiger partial charge is 0.328 e. The van der Waals surface area contributed by atoms with E-state index in [-0.39, 0.29) is 11.2 Å². The summed E-state index contributed by atoms with van der Waals surface area (Å²) >= 11 is 0. The van der Waals surface area contributed by atoms with Crippen LogP contribution in [-0.4, -0.2) is 24.2 Å². The molecule has 1 aliphatic rings. The van der Waals surface area contributed by atoms with Gasteiger partial charge in [0.2, 0.25) is 0 Å². The first-order chi connectivity index (χ1) is 11.6. The molecule has 134 valence electrons. The van der Waals surface area contributed by atoms with Crippen LogP contribution in [0.15, 0.2) is 47.8 Å². The van der Waals surface area contributed by atoms with Gasteiger partial charge in [0.05, 0.1) is 0 Å². The fraction of sp³-hybridized carbons (Fsp3) is 0.381. The van der Waals surface area contributed by atoms with E-state index in [1.54, 1.807) is 13.8 Å². The number of rotatable bonds is 4. The van der Waals surface area contributed by atoms with Crippen molar-refractivity contribution in [2.45, 2.75) is 46.1 Å². The first kappa shape index (κ1) is 19.0. The van der Waals surface area contributed by atoms with Crippen LogP contribution in [-0.2, 0) is 10.2 Å². The molecule has 1 aromatic rings. The van der Waals surface area contributed by atoms with E-state index < -0.39 is 5.97 Å². The number of hydrogen-bond donors (Lipinski definition) is 1. The number of hydrogen-bond acceptors (Lipinski definition) is 2. The molecule has 0 saturated carbocycles. The van der Waals surface area contributed by atoms with Crippen molar-refractivity contribution in [3.05, 3.63) is 59.0 Å². The predicted molar refractivity (Wildman–Crippen MR) is 102 cm³/mol. The Labute approximate surface area is 149 Å². The van der Waals surface area contributed by atoms with Crippen LogP contribution in [0.1, 0.15) is 45.7 Å². The summed E-state index contributed by atoms with van der Waals surface area (Å²) in [6.07, 6.45) is 3.84. The van der Waals surface area contributed by atoms with Crippen molar-refractivity contribution in [1.82, 2.24) is 0 Å². The van der Waals surface area contributed by atoms with Crippen molar-refractivity contribution in [2.75, 3.05) is 11.9 Å². The second-order valence-electron chi connectivity index (χ2n) is 7.27. The van der Waals surface area contributed by atoms with Gasteiger partial charge in [-0.05, 0) is 61.3 Å². The van der Waals surface area contributed by atoms with Gasteiger partial charge >= 0.3 is 5.97 Å². The van der Waals surface area contributed by atoms with Gasteiger partial charge < -0.3 is 10.0 Å². The fourth-order valence-electron chi connectivity index (χ4n) is 3.22. The lowest BCUT2D eigenvalue weighted by molar-refractivity contribution is -0.131. The number of carboxylic acids is 1. The number of aliphatic carboxylic acids is 1. The number of nitrogens with zero attached hydrogens (tertiary/aromatic N) is 1. The van der Waals surface area contributed by atoms with Gasteiger partial charge in [0.25, 0.3) is 0 Å². The molecule has 0 spiro atoms. The van der Waals surface area contributed by atoms with Crippen molar-refractivity contribution < 1.29 is 14.3 Å². The van der Waals surface area contributed by atoms with E-state index in [1.807, 2.05) is 12.1 Å². The highest BCUT2D eigenvalue weighted by atomic mass is 19.1. The summed E-state index contributed by atoms with van der Waals surface area (Å²) in [5, 5.41) is 8.70. The largest absolute Gasteiger partial charge is 0.478 e. The molecule has 1 unspecified atom stereocenters. The zero-order chi connectivity index (χ0) is 18.9. The highest BCUT2D eigenvalue weighted by Gasteiger charge is 2.40. The van der Waals surface area contributed by atoms with Crippen LogP contribution < -0.4 is 4.90 Å². The molecule has 3 nitrogen and oxygen atoms in total. The number of fused-ring (bicyclic) bond motifs is 1. The standard InChI is InChI=1S/C21H26FNO2/c1-13(11-20(24)25)7-9-18(22)14(2)16-8-10-19-17(12-16)21(4,5)15(3)23(19)6/h7-12,15H,1-6H3,(H,24,25)/b9-7+,13-11+,18-14+. The minimum absolute atomic E-state index is 0.00645. The molecule has 2 rings (SSSR count). The quantitative estimate of drug-likeness (QED) is 0.611. The van der Waals surface area contributed by atoms with Gasteiger partial charge in [0.1, 0.15) is 5.83 Å². The van der Waals surface area contributed by atoms with E-state index in [1.165, 1.54) is 23.4 Å². The molecule has 0 radical (unpaired) electrons.